The molecule has 1 atom stereocenters. The molecule has 1 amide bonds. The molecule has 1 fully saturated rings. The number of carbonyl (C=O) groups is 2. The van der Waals surface area contributed by atoms with Gasteiger partial charge >= 0.3 is 0 Å². The Morgan fingerprint density at radius 2 is 1.90 bits per heavy atom. The van der Waals surface area contributed by atoms with Gasteiger partial charge in [0.25, 0.3) is 11.7 Å². The maximum absolute atomic E-state index is 13.0. The number of rotatable bonds is 4. The van der Waals surface area contributed by atoms with Crippen molar-refractivity contribution in [3.63, 3.8) is 0 Å². The van der Waals surface area contributed by atoms with Gasteiger partial charge in [-0.05, 0) is 42.3 Å². The minimum atomic E-state index is -0.736. The monoisotopic (exact) mass is 407 g/mol. The van der Waals surface area contributed by atoms with Crippen molar-refractivity contribution in [3.8, 4) is 0 Å². The van der Waals surface area contributed by atoms with Gasteiger partial charge < -0.3 is 14.4 Å². The smallest absolute Gasteiger partial charge is 0.296 e. The lowest BCUT2D eigenvalue weighted by atomic mass is 9.92. The van der Waals surface area contributed by atoms with Gasteiger partial charge in [-0.2, -0.15) is 0 Å². The molecule has 5 nitrogen and oxygen atoms in total. The molecule has 1 unspecified atom stereocenters. The molecule has 2 aromatic carbocycles. The van der Waals surface area contributed by atoms with Crippen LogP contribution in [0.3, 0.4) is 0 Å². The SMILES string of the molecule is Cc1ccccc1C1/C(=C(\O)c2cccc(Cl)c2)C(=O)C(=O)N1Cc1ccco1. The molecule has 29 heavy (non-hydrogen) atoms. The summed E-state index contributed by atoms with van der Waals surface area (Å²) < 4.78 is 5.39. The average molecular weight is 408 g/mol. The molecule has 0 bridgehead atoms. The summed E-state index contributed by atoms with van der Waals surface area (Å²) in [6, 6.07) is 16.8. The van der Waals surface area contributed by atoms with Crippen LogP contribution in [0.25, 0.3) is 5.76 Å². The molecule has 1 aromatic heterocycles. The van der Waals surface area contributed by atoms with Crippen LogP contribution in [0.4, 0.5) is 0 Å². The highest BCUT2D eigenvalue weighted by molar-refractivity contribution is 6.46. The van der Waals surface area contributed by atoms with E-state index >= 15 is 0 Å². The number of benzene rings is 2. The van der Waals surface area contributed by atoms with Crippen LogP contribution in [-0.4, -0.2) is 21.7 Å². The molecule has 0 aliphatic carbocycles. The number of likely N-dealkylation sites (tertiary alicyclic amines) is 1. The number of carbonyl (C=O) groups excluding carboxylic acids is 2. The van der Waals surface area contributed by atoms with Gasteiger partial charge in [-0.15, -0.1) is 0 Å². The minimum Gasteiger partial charge on any atom is -0.507 e. The first-order valence-electron chi connectivity index (χ1n) is 9.09. The Morgan fingerprint density at radius 3 is 2.59 bits per heavy atom. The lowest BCUT2D eigenvalue weighted by molar-refractivity contribution is -0.140. The van der Waals surface area contributed by atoms with Gasteiger partial charge in [0.1, 0.15) is 11.5 Å². The van der Waals surface area contributed by atoms with Gasteiger partial charge in [0.2, 0.25) is 0 Å². The molecule has 1 saturated heterocycles. The lowest BCUT2D eigenvalue weighted by Gasteiger charge is -2.25. The van der Waals surface area contributed by atoms with Crippen LogP contribution in [0.5, 0.6) is 0 Å². The zero-order chi connectivity index (χ0) is 20.5. The van der Waals surface area contributed by atoms with Crippen LogP contribution in [0, 0.1) is 6.92 Å². The summed E-state index contributed by atoms with van der Waals surface area (Å²) in [7, 11) is 0. The zero-order valence-corrected chi connectivity index (χ0v) is 16.4. The second-order valence-corrected chi connectivity index (χ2v) is 7.31. The highest BCUT2D eigenvalue weighted by Crippen LogP contribution is 2.41. The van der Waals surface area contributed by atoms with E-state index in [1.54, 1.807) is 36.4 Å². The van der Waals surface area contributed by atoms with Gasteiger partial charge in [-0.3, -0.25) is 9.59 Å². The highest BCUT2D eigenvalue weighted by Gasteiger charge is 2.46. The van der Waals surface area contributed by atoms with Crippen molar-refractivity contribution in [3.05, 3.63) is 100.0 Å². The molecule has 3 aromatic rings. The molecule has 146 valence electrons. The van der Waals surface area contributed by atoms with Crippen molar-refractivity contribution in [1.29, 1.82) is 0 Å². The summed E-state index contributed by atoms with van der Waals surface area (Å²) in [6.45, 7) is 2.02. The average Bonchev–Trinajstić information content (AvgIpc) is 3.30. The summed E-state index contributed by atoms with van der Waals surface area (Å²) >= 11 is 6.05. The number of hydrogen-bond acceptors (Lipinski definition) is 4. The summed E-state index contributed by atoms with van der Waals surface area (Å²) in [5.41, 5.74) is 2.09. The van der Waals surface area contributed by atoms with Crippen LogP contribution in [0.15, 0.2) is 76.9 Å². The van der Waals surface area contributed by atoms with E-state index < -0.39 is 17.7 Å². The molecular weight excluding hydrogens is 390 g/mol. The summed E-state index contributed by atoms with van der Waals surface area (Å²) in [6.07, 6.45) is 1.51. The first kappa shape index (κ1) is 19.0. The largest absolute Gasteiger partial charge is 0.507 e. The van der Waals surface area contributed by atoms with Gasteiger partial charge in [-0.1, -0.05) is 48.0 Å². The van der Waals surface area contributed by atoms with Crippen molar-refractivity contribution in [2.24, 2.45) is 0 Å². The molecule has 2 heterocycles. The quantitative estimate of drug-likeness (QED) is 0.381. The second kappa shape index (κ2) is 7.60. The number of aryl methyl sites for hydroxylation is 1. The van der Waals surface area contributed by atoms with Crippen LogP contribution >= 0.6 is 11.6 Å². The Kier molecular flexibility index (Phi) is 4.99. The number of hydrogen-bond donors (Lipinski definition) is 1. The predicted molar refractivity (Wildman–Crippen MR) is 109 cm³/mol. The van der Waals surface area contributed by atoms with Crippen molar-refractivity contribution >= 4 is 29.1 Å². The topological polar surface area (TPSA) is 70.8 Å². The van der Waals surface area contributed by atoms with E-state index in [0.29, 0.717) is 16.3 Å². The number of ketones is 1. The van der Waals surface area contributed by atoms with E-state index in [4.69, 9.17) is 16.0 Å². The summed E-state index contributed by atoms with van der Waals surface area (Å²) in [4.78, 5) is 27.3. The van der Waals surface area contributed by atoms with Crippen molar-refractivity contribution in [2.75, 3.05) is 0 Å². The van der Waals surface area contributed by atoms with E-state index in [-0.39, 0.29) is 17.9 Å². The Morgan fingerprint density at radius 1 is 1.10 bits per heavy atom. The number of aliphatic hydroxyl groups is 1. The van der Waals surface area contributed by atoms with Crippen LogP contribution in [0.1, 0.15) is 28.5 Å². The fourth-order valence-electron chi connectivity index (χ4n) is 3.62. The van der Waals surface area contributed by atoms with E-state index in [1.165, 1.54) is 11.2 Å². The fraction of sp³-hybridized carbons (Fsp3) is 0.130. The maximum Gasteiger partial charge on any atom is 0.296 e. The van der Waals surface area contributed by atoms with Crippen molar-refractivity contribution < 1.29 is 19.1 Å². The molecule has 0 spiro atoms. The van der Waals surface area contributed by atoms with E-state index in [9.17, 15) is 14.7 Å². The third-order valence-electron chi connectivity index (χ3n) is 5.03. The third-order valence-corrected chi connectivity index (χ3v) is 5.26. The number of nitrogens with zero attached hydrogens (tertiary/aromatic N) is 1. The Hall–Kier alpha value is -3.31. The van der Waals surface area contributed by atoms with E-state index in [2.05, 4.69) is 0 Å². The molecule has 0 saturated carbocycles. The summed E-state index contributed by atoms with van der Waals surface area (Å²) in [5, 5.41) is 11.4. The first-order valence-corrected chi connectivity index (χ1v) is 9.47. The first-order chi connectivity index (χ1) is 14.0. The molecular formula is C23H18ClNO4. The Labute approximate surface area is 172 Å². The molecule has 1 aliphatic rings. The standard InChI is InChI=1S/C23H18ClNO4/c1-14-6-2-3-10-18(14)20-19(21(26)15-7-4-8-16(24)12-15)22(27)23(28)25(20)13-17-9-5-11-29-17/h2-12,20,26H,13H2,1H3/b21-19+. The van der Waals surface area contributed by atoms with Crippen LogP contribution in [0.2, 0.25) is 5.02 Å². The number of halogens is 1. The van der Waals surface area contributed by atoms with Gasteiger partial charge in [0.15, 0.2) is 0 Å². The maximum atomic E-state index is 13.0. The number of amides is 1. The number of aliphatic hydroxyl groups excluding tert-OH is 1. The predicted octanol–water partition coefficient (Wildman–Crippen LogP) is 4.86. The molecule has 1 N–H and O–H groups in total. The van der Waals surface area contributed by atoms with E-state index in [0.717, 1.165) is 11.1 Å². The number of furan rings is 1. The van der Waals surface area contributed by atoms with Crippen LogP contribution < -0.4 is 0 Å². The van der Waals surface area contributed by atoms with Gasteiger partial charge in [0.05, 0.1) is 24.4 Å². The van der Waals surface area contributed by atoms with Gasteiger partial charge in [0, 0.05) is 10.6 Å². The molecule has 0 radical (unpaired) electrons. The molecule has 4 rings (SSSR count). The second-order valence-electron chi connectivity index (χ2n) is 6.87. The Bertz CT molecular complexity index is 1120. The third kappa shape index (κ3) is 3.45. The fourth-order valence-corrected chi connectivity index (χ4v) is 3.81. The van der Waals surface area contributed by atoms with E-state index in [1.807, 2.05) is 31.2 Å². The number of Topliss-reactive ketones (excluding diaryl/α,β-unsaturated/α-hetero) is 1. The van der Waals surface area contributed by atoms with Crippen LogP contribution in [-0.2, 0) is 16.1 Å². The molecule has 6 heteroatoms. The van der Waals surface area contributed by atoms with Crippen molar-refractivity contribution in [2.45, 2.75) is 19.5 Å². The zero-order valence-electron chi connectivity index (χ0n) is 15.6. The Balaban J connectivity index is 1.90. The minimum absolute atomic E-state index is 0.0399. The molecule has 1 aliphatic heterocycles. The van der Waals surface area contributed by atoms with Gasteiger partial charge in [-0.25, -0.2) is 0 Å². The highest BCUT2D eigenvalue weighted by atomic mass is 35.5. The lowest BCUT2D eigenvalue weighted by Crippen LogP contribution is -2.29. The van der Waals surface area contributed by atoms with Crippen molar-refractivity contribution in [1.82, 2.24) is 4.90 Å². The normalized spacial score (nSPS) is 18.4. The summed E-state index contributed by atoms with van der Waals surface area (Å²) in [5.74, 6) is -1.12.